The van der Waals surface area contributed by atoms with Crippen LogP contribution in [0.15, 0.2) is 0 Å². The van der Waals surface area contributed by atoms with Crippen molar-refractivity contribution >= 4 is 16.5 Å². The van der Waals surface area contributed by atoms with Crippen molar-refractivity contribution in [3.8, 4) is 0 Å². The lowest BCUT2D eigenvalue weighted by atomic mass is 10.2. The van der Waals surface area contributed by atoms with Crippen LogP contribution >= 0.6 is 11.5 Å². The van der Waals surface area contributed by atoms with E-state index < -0.39 is 0 Å². The van der Waals surface area contributed by atoms with Crippen molar-refractivity contribution in [2.24, 2.45) is 0 Å². The minimum atomic E-state index is 0.772. The highest BCUT2D eigenvalue weighted by Crippen LogP contribution is 2.24. The Bertz CT molecular complexity index is 380. The Balaban J connectivity index is 1.49. The molecule has 2 fully saturated rings. The third-order valence-corrected chi connectivity index (χ3v) is 4.80. The lowest BCUT2D eigenvalue weighted by molar-refractivity contribution is 0.0931. The predicted octanol–water partition coefficient (Wildman–Crippen LogP) is 1.18. The Labute approximate surface area is 112 Å². The van der Waals surface area contributed by atoms with Crippen LogP contribution in [0, 0.1) is 0 Å². The Morgan fingerprint density at radius 2 is 1.89 bits per heavy atom. The fraction of sp³-hybridized carbons (Fsp3) is 0.833. The molecule has 0 unspecified atom stereocenters. The number of nitrogens with zero attached hydrogens (tertiary/aromatic N) is 4. The van der Waals surface area contributed by atoms with E-state index >= 15 is 0 Å². The molecule has 2 N–H and O–H groups in total. The van der Waals surface area contributed by atoms with Crippen molar-refractivity contribution in [2.45, 2.75) is 38.3 Å². The van der Waals surface area contributed by atoms with Crippen molar-refractivity contribution in [3.63, 3.8) is 0 Å². The van der Waals surface area contributed by atoms with Crippen molar-refractivity contribution in [2.75, 3.05) is 31.9 Å². The van der Waals surface area contributed by atoms with E-state index in [4.69, 9.17) is 5.73 Å². The van der Waals surface area contributed by atoms with Gasteiger partial charge in [0.05, 0.1) is 0 Å². The van der Waals surface area contributed by atoms with Crippen LogP contribution in [0.5, 0.6) is 0 Å². The summed E-state index contributed by atoms with van der Waals surface area (Å²) < 4.78 is 3.89. The number of hydrogen-bond donors (Lipinski definition) is 1. The molecule has 0 bridgehead atoms. The van der Waals surface area contributed by atoms with Gasteiger partial charge < -0.3 is 5.73 Å². The van der Waals surface area contributed by atoms with Crippen LogP contribution in [0.1, 0.15) is 31.4 Å². The number of nitrogen functional groups attached to an aromatic ring is 1. The first-order valence-corrected chi connectivity index (χ1v) is 7.63. The van der Waals surface area contributed by atoms with Crippen molar-refractivity contribution in [1.29, 1.82) is 0 Å². The first-order valence-electron chi connectivity index (χ1n) is 6.86. The van der Waals surface area contributed by atoms with E-state index in [2.05, 4.69) is 19.4 Å². The van der Waals surface area contributed by atoms with Crippen LogP contribution < -0.4 is 5.73 Å². The molecule has 18 heavy (non-hydrogen) atoms. The van der Waals surface area contributed by atoms with Gasteiger partial charge in [-0.15, -0.1) is 5.10 Å². The summed E-state index contributed by atoms with van der Waals surface area (Å²) in [5, 5.41) is 4.87. The molecule has 1 aromatic rings. The normalized spacial score (nSPS) is 23.8. The molecular weight excluding hydrogens is 246 g/mol. The van der Waals surface area contributed by atoms with E-state index in [-0.39, 0.29) is 0 Å². The van der Waals surface area contributed by atoms with Crippen LogP contribution in [0.2, 0.25) is 0 Å². The summed E-state index contributed by atoms with van der Waals surface area (Å²) in [5.41, 5.74) is 6.79. The lowest BCUT2D eigenvalue weighted by Crippen LogP contribution is -2.49. The fourth-order valence-electron chi connectivity index (χ4n) is 3.09. The van der Waals surface area contributed by atoms with E-state index in [0.29, 0.717) is 0 Å². The molecule has 0 spiro atoms. The van der Waals surface area contributed by atoms with Crippen LogP contribution in [-0.4, -0.2) is 51.6 Å². The number of hydrogen-bond acceptors (Lipinski definition) is 6. The highest BCUT2D eigenvalue weighted by molar-refractivity contribution is 7.09. The maximum Gasteiger partial charge on any atom is 0.132 e. The van der Waals surface area contributed by atoms with E-state index in [0.717, 1.165) is 36.4 Å². The summed E-state index contributed by atoms with van der Waals surface area (Å²) in [6.07, 6.45) is 5.66. The second-order valence-corrected chi connectivity index (χ2v) is 6.12. The average molecular weight is 267 g/mol. The first-order chi connectivity index (χ1) is 8.83. The first kappa shape index (κ1) is 12.3. The van der Waals surface area contributed by atoms with Gasteiger partial charge in [0.25, 0.3) is 0 Å². The van der Waals surface area contributed by atoms with Gasteiger partial charge in [-0.25, -0.2) is 0 Å². The molecule has 1 saturated heterocycles. The summed E-state index contributed by atoms with van der Waals surface area (Å²) in [6, 6.07) is 0.859. The van der Waals surface area contributed by atoms with Crippen molar-refractivity contribution in [1.82, 2.24) is 19.4 Å². The molecule has 0 amide bonds. The van der Waals surface area contributed by atoms with E-state index in [1.807, 2.05) is 0 Å². The molecule has 1 aromatic heterocycles. The molecule has 6 heteroatoms. The Morgan fingerprint density at radius 1 is 1.17 bits per heavy atom. The van der Waals surface area contributed by atoms with Gasteiger partial charge in [-0.1, -0.05) is 17.3 Å². The van der Waals surface area contributed by atoms with Crippen LogP contribution in [-0.2, 0) is 6.54 Å². The summed E-state index contributed by atoms with van der Waals surface area (Å²) in [7, 11) is 0. The van der Waals surface area contributed by atoms with Gasteiger partial charge in [0.1, 0.15) is 10.7 Å². The monoisotopic (exact) mass is 267 g/mol. The Kier molecular flexibility index (Phi) is 3.77. The Morgan fingerprint density at radius 3 is 2.50 bits per heavy atom. The maximum atomic E-state index is 5.84. The molecule has 5 nitrogen and oxygen atoms in total. The molecule has 1 aliphatic carbocycles. The number of piperazine rings is 1. The molecule has 0 atom stereocenters. The van der Waals surface area contributed by atoms with Gasteiger partial charge >= 0.3 is 0 Å². The number of anilines is 1. The highest BCUT2D eigenvalue weighted by Gasteiger charge is 2.26. The van der Waals surface area contributed by atoms with E-state index in [1.165, 1.54) is 50.3 Å². The third-order valence-electron chi connectivity index (χ3n) is 4.21. The van der Waals surface area contributed by atoms with Gasteiger partial charge in [0.2, 0.25) is 0 Å². The standard InChI is InChI=1S/C12H21N5S/c13-12-11(14-15-18-12)9-16-5-7-17(8-6-16)10-3-1-2-4-10/h10H,1-9,13H2. The topological polar surface area (TPSA) is 58.3 Å². The zero-order valence-electron chi connectivity index (χ0n) is 10.7. The second kappa shape index (κ2) is 5.50. The molecule has 100 valence electrons. The van der Waals surface area contributed by atoms with Gasteiger partial charge in [0, 0.05) is 50.3 Å². The zero-order valence-corrected chi connectivity index (χ0v) is 11.5. The molecule has 0 aromatic carbocycles. The average Bonchev–Trinajstić information content (AvgIpc) is 3.03. The molecule has 2 aliphatic rings. The summed E-state index contributed by atoms with van der Waals surface area (Å²) in [5.74, 6) is 0. The minimum absolute atomic E-state index is 0.772. The SMILES string of the molecule is Nc1snnc1CN1CCN(C2CCCC2)CC1. The largest absolute Gasteiger partial charge is 0.388 e. The maximum absolute atomic E-state index is 5.84. The third kappa shape index (κ3) is 2.65. The number of aromatic nitrogens is 2. The highest BCUT2D eigenvalue weighted by atomic mass is 32.1. The number of nitrogens with two attached hydrogens (primary N) is 1. The fourth-order valence-corrected chi connectivity index (χ4v) is 3.53. The predicted molar refractivity (Wildman–Crippen MR) is 73.4 cm³/mol. The van der Waals surface area contributed by atoms with Crippen LogP contribution in [0.3, 0.4) is 0 Å². The zero-order chi connectivity index (χ0) is 12.4. The summed E-state index contributed by atoms with van der Waals surface area (Å²) >= 11 is 1.29. The van der Waals surface area contributed by atoms with Gasteiger partial charge in [-0.05, 0) is 12.8 Å². The van der Waals surface area contributed by atoms with Crippen molar-refractivity contribution in [3.05, 3.63) is 5.69 Å². The minimum Gasteiger partial charge on any atom is -0.388 e. The second-order valence-electron chi connectivity index (χ2n) is 5.33. The summed E-state index contributed by atoms with van der Waals surface area (Å²) in [4.78, 5) is 5.12. The van der Waals surface area contributed by atoms with Gasteiger partial charge in [0.15, 0.2) is 0 Å². The van der Waals surface area contributed by atoms with Gasteiger partial charge in [-0.3, -0.25) is 9.80 Å². The Hall–Kier alpha value is -0.720. The van der Waals surface area contributed by atoms with E-state index in [9.17, 15) is 0 Å². The lowest BCUT2D eigenvalue weighted by Gasteiger charge is -2.37. The molecule has 1 aliphatic heterocycles. The van der Waals surface area contributed by atoms with Crippen LogP contribution in [0.25, 0.3) is 0 Å². The molecule has 2 heterocycles. The molecule has 1 saturated carbocycles. The van der Waals surface area contributed by atoms with Crippen molar-refractivity contribution < 1.29 is 0 Å². The molecular formula is C12H21N5S. The smallest absolute Gasteiger partial charge is 0.132 e. The van der Waals surface area contributed by atoms with Gasteiger partial charge in [-0.2, -0.15) is 0 Å². The van der Waals surface area contributed by atoms with E-state index in [1.54, 1.807) is 0 Å². The molecule has 3 rings (SSSR count). The van der Waals surface area contributed by atoms with Crippen LogP contribution in [0.4, 0.5) is 5.00 Å². The molecule has 0 radical (unpaired) electrons. The number of rotatable bonds is 3. The summed E-state index contributed by atoms with van der Waals surface area (Å²) in [6.45, 7) is 5.52. The quantitative estimate of drug-likeness (QED) is 0.891.